The van der Waals surface area contributed by atoms with Crippen LogP contribution in [-0.2, 0) is 6.54 Å². The number of hydrogen-bond donors (Lipinski definition) is 0. The van der Waals surface area contributed by atoms with Crippen molar-refractivity contribution >= 4 is 0 Å². The molecule has 0 N–H and O–H groups in total. The first-order valence-electron chi connectivity index (χ1n) is 6.80. The minimum Gasteiger partial charge on any atom is -0.309 e. The molecule has 0 aliphatic heterocycles. The maximum Gasteiger partial charge on any atom is 0.169 e. The molecule has 2 heterocycles. The summed E-state index contributed by atoms with van der Waals surface area (Å²) in [4.78, 5) is 6.28. The average Bonchev–Trinajstić information content (AvgIpc) is 2.45. The maximum atomic E-state index is 4.04. The first kappa shape index (κ1) is 13.7. The number of unbranched alkanes of at least 4 members (excludes halogenated alkanes) is 1. The van der Waals surface area contributed by atoms with Gasteiger partial charge in [-0.3, -0.25) is 4.98 Å². The second-order valence-corrected chi connectivity index (χ2v) is 5.07. The monoisotopic (exact) mass is 256 g/mol. The van der Waals surface area contributed by atoms with Gasteiger partial charge in [0.15, 0.2) is 12.4 Å². The Balaban J connectivity index is 1.88. The summed E-state index contributed by atoms with van der Waals surface area (Å²) < 4.78 is 2.25. The molecule has 2 aromatic rings. The van der Waals surface area contributed by atoms with Crippen LogP contribution in [0.15, 0.2) is 49.1 Å². The Morgan fingerprint density at radius 1 is 0.947 bits per heavy atom. The molecule has 0 aliphatic carbocycles. The molecule has 19 heavy (non-hydrogen) atoms. The summed E-state index contributed by atoms with van der Waals surface area (Å²) in [5.74, 6) is 0. The van der Waals surface area contributed by atoms with E-state index in [0.717, 1.165) is 13.1 Å². The van der Waals surface area contributed by atoms with Crippen LogP contribution in [0.4, 0.5) is 0 Å². The third-order valence-electron chi connectivity index (χ3n) is 3.18. The highest BCUT2D eigenvalue weighted by Gasteiger charge is 2.02. The molecule has 0 fully saturated rings. The largest absolute Gasteiger partial charge is 0.309 e. The van der Waals surface area contributed by atoms with Crippen molar-refractivity contribution < 1.29 is 4.57 Å². The van der Waals surface area contributed by atoms with Crippen molar-refractivity contribution in [2.45, 2.75) is 19.4 Å². The second-order valence-electron chi connectivity index (χ2n) is 5.07. The number of aromatic nitrogens is 2. The summed E-state index contributed by atoms with van der Waals surface area (Å²) >= 11 is 0. The predicted molar refractivity (Wildman–Crippen MR) is 77.7 cm³/mol. The third-order valence-corrected chi connectivity index (χ3v) is 3.18. The normalized spacial score (nSPS) is 10.9. The maximum absolute atomic E-state index is 4.04. The lowest BCUT2D eigenvalue weighted by molar-refractivity contribution is -0.697. The quantitative estimate of drug-likeness (QED) is 0.584. The van der Waals surface area contributed by atoms with Crippen molar-refractivity contribution in [3.05, 3.63) is 49.1 Å². The molecule has 0 spiro atoms. The van der Waals surface area contributed by atoms with Crippen LogP contribution >= 0.6 is 0 Å². The molecule has 0 amide bonds. The summed E-state index contributed by atoms with van der Waals surface area (Å²) in [7, 11) is 4.24. The fraction of sp³-hybridized carbons (Fsp3) is 0.375. The van der Waals surface area contributed by atoms with Crippen molar-refractivity contribution in [3.8, 4) is 11.1 Å². The minimum atomic E-state index is 1.09. The van der Waals surface area contributed by atoms with E-state index in [9.17, 15) is 0 Å². The van der Waals surface area contributed by atoms with E-state index in [4.69, 9.17) is 0 Å². The van der Waals surface area contributed by atoms with E-state index in [1.54, 1.807) is 0 Å². The zero-order valence-corrected chi connectivity index (χ0v) is 11.8. The van der Waals surface area contributed by atoms with Crippen molar-refractivity contribution in [2.75, 3.05) is 20.6 Å². The van der Waals surface area contributed by atoms with Crippen molar-refractivity contribution in [2.24, 2.45) is 0 Å². The Hall–Kier alpha value is -1.74. The first-order valence-corrected chi connectivity index (χ1v) is 6.80. The highest BCUT2D eigenvalue weighted by Crippen LogP contribution is 2.15. The van der Waals surface area contributed by atoms with E-state index in [1.807, 2.05) is 24.5 Å². The van der Waals surface area contributed by atoms with Gasteiger partial charge in [0.25, 0.3) is 0 Å². The molecule has 3 heteroatoms. The zero-order valence-electron chi connectivity index (χ0n) is 11.8. The van der Waals surface area contributed by atoms with Gasteiger partial charge in [0.2, 0.25) is 0 Å². The van der Waals surface area contributed by atoms with Gasteiger partial charge >= 0.3 is 0 Å². The molecule has 0 atom stereocenters. The lowest BCUT2D eigenvalue weighted by atomic mass is 10.1. The van der Waals surface area contributed by atoms with Crippen LogP contribution in [0.1, 0.15) is 12.8 Å². The summed E-state index contributed by atoms with van der Waals surface area (Å²) in [6.07, 6.45) is 10.4. The minimum absolute atomic E-state index is 1.09. The Labute approximate surface area is 115 Å². The fourth-order valence-electron chi connectivity index (χ4n) is 2.07. The van der Waals surface area contributed by atoms with Crippen LogP contribution in [0.2, 0.25) is 0 Å². The summed E-state index contributed by atoms with van der Waals surface area (Å²) in [5, 5.41) is 0. The molecule has 0 bridgehead atoms. The average molecular weight is 256 g/mol. The topological polar surface area (TPSA) is 20.0 Å². The van der Waals surface area contributed by atoms with Crippen LogP contribution in [-0.4, -0.2) is 30.5 Å². The molecule has 0 unspecified atom stereocenters. The number of pyridine rings is 2. The molecule has 2 rings (SSSR count). The summed E-state index contributed by atoms with van der Waals surface area (Å²) in [6, 6.07) is 8.41. The standard InChI is InChI=1S/C16H22N3/c1-18(2)11-3-4-12-19-13-7-16(8-14-19)15-5-9-17-10-6-15/h5-10,13-14H,3-4,11-12H2,1-2H3/q+1. The van der Waals surface area contributed by atoms with E-state index in [1.165, 1.54) is 24.0 Å². The second kappa shape index (κ2) is 7.00. The van der Waals surface area contributed by atoms with Gasteiger partial charge < -0.3 is 4.90 Å². The number of aryl methyl sites for hydroxylation is 1. The van der Waals surface area contributed by atoms with Crippen molar-refractivity contribution in [1.29, 1.82) is 0 Å². The molecule has 3 nitrogen and oxygen atoms in total. The van der Waals surface area contributed by atoms with Crippen LogP contribution in [0, 0.1) is 0 Å². The van der Waals surface area contributed by atoms with E-state index in [2.05, 4.69) is 53.1 Å². The van der Waals surface area contributed by atoms with Gasteiger partial charge in [-0.1, -0.05) is 0 Å². The van der Waals surface area contributed by atoms with Crippen LogP contribution in [0.5, 0.6) is 0 Å². The van der Waals surface area contributed by atoms with Crippen molar-refractivity contribution in [1.82, 2.24) is 9.88 Å². The Kier molecular flexibility index (Phi) is 5.04. The predicted octanol–water partition coefficient (Wildman–Crippen LogP) is 2.38. The van der Waals surface area contributed by atoms with Crippen LogP contribution < -0.4 is 4.57 Å². The van der Waals surface area contributed by atoms with Crippen molar-refractivity contribution in [3.63, 3.8) is 0 Å². The molecule has 0 aliphatic rings. The molecule has 0 aromatic carbocycles. The van der Waals surface area contributed by atoms with Gasteiger partial charge in [0, 0.05) is 30.9 Å². The first-order chi connectivity index (χ1) is 9.25. The smallest absolute Gasteiger partial charge is 0.169 e. The Morgan fingerprint density at radius 3 is 2.21 bits per heavy atom. The van der Waals surface area contributed by atoms with E-state index in [0.29, 0.717) is 0 Å². The third kappa shape index (κ3) is 4.45. The number of nitrogens with zero attached hydrogens (tertiary/aromatic N) is 3. The van der Waals surface area contributed by atoms with Crippen LogP contribution in [0.25, 0.3) is 11.1 Å². The van der Waals surface area contributed by atoms with Gasteiger partial charge in [-0.15, -0.1) is 0 Å². The summed E-state index contributed by atoms with van der Waals surface area (Å²) in [6.45, 7) is 2.25. The number of hydrogen-bond acceptors (Lipinski definition) is 2. The van der Waals surface area contributed by atoms with E-state index < -0.39 is 0 Å². The highest BCUT2D eigenvalue weighted by molar-refractivity contribution is 5.61. The van der Waals surface area contributed by atoms with E-state index in [-0.39, 0.29) is 0 Å². The molecular weight excluding hydrogens is 234 g/mol. The molecule has 0 saturated carbocycles. The van der Waals surface area contributed by atoms with Gasteiger partial charge in [0.1, 0.15) is 6.54 Å². The Morgan fingerprint density at radius 2 is 1.58 bits per heavy atom. The van der Waals surface area contributed by atoms with Gasteiger partial charge in [-0.2, -0.15) is 0 Å². The fourth-order valence-corrected chi connectivity index (χ4v) is 2.07. The van der Waals surface area contributed by atoms with Gasteiger partial charge in [-0.25, -0.2) is 4.57 Å². The Bertz CT molecular complexity index is 477. The van der Waals surface area contributed by atoms with Crippen LogP contribution in [0.3, 0.4) is 0 Å². The molecule has 0 radical (unpaired) electrons. The highest BCUT2D eigenvalue weighted by atomic mass is 15.0. The molecule has 0 saturated heterocycles. The van der Waals surface area contributed by atoms with E-state index >= 15 is 0 Å². The number of rotatable bonds is 6. The lowest BCUT2D eigenvalue weighted by Crippen LogP contribution is -2.32. The molecule has 2 aromatic heterocycles. The summed E-state index contributed by atoms with van der Waals surface area (Å²) in [5.41, 5.74) is 2.46. The van der Waals surface area contributed by atoms with Gasteiger partial charge in [-0.05, 0) is 50.3 Å². The SMILES string of the molecule is CN(C)CCCC[n+]1ccc(-c2ccncc2)cc1. The lowest BCUT2D eigenvalue weighted by Gasteiger charge is -2.07. The molecular formula is C16H22N3+. The zero-order chi connectivity index (χ0) is 13.5. The molecule has 100 valence electrons. The van der Waals surface area contributed by atoms with Gasteiger partial charge in [0.05, 0.1) is 0 Å².